The van der Waals surface area contributed by atoms with E-state index in [9.17, 15) is 57.5 Å². The number of para-hydroxylation sites is 3. The topological polar surface area (TPSA) is 559 Å². The molecule has 0 saturated carbocycles. The lowest BCUT2D eigenvalue weighted by Gasteiger charge is -2.26. The number of methoxy groups -OCH3 is 4. The van der Waals surface area contributed by atoms with E-state index in [2.05, 4.69) is 105 Å². The Morgan fingerprint density at radius 3 is 1.01 bits per heavy atom. The number of hydrogen-bond donors (Lipinski definition) is 7. The predicted octanol–water partition coefficient (Wildman–Crippen LogP) is 13.1. The lowest BCUT2D eigenvalue weighted by Crippen LogP contribution is -2.37. The molecule has 43 nitrogen and oxygen atoms in total. The van der Waals surface area contributed by atoms with Gasteiger partial charge in [-0.25, -0.2) is 58.0 Å². The van der Waals surface area contributed by atoms with Crippen LogP contribution in [0.1, 0.15) is 66.4 Å². The number of hydrogen-bond acceptors (Lipinski definition) is 36. The zero-order valence-corrected chi connectivity index (χ0v) is 88.4. The number of thioether (sulfide) groups is 6. The van der Waals surface area contributed by atoms with E-state index in [-0.39, 0.29) is 62.3 Å². The maximum atomic E-state index is 12.6. The zero-order chi connectivity index (χ0) is 106. The number of benzene rings is 6. The van der Waals surface area contributed by atoms with Crippen LogP contribution in [-0.2, 0) is 52.5 Å². The second-order valence-electron chi connectivity index (χ2n) is 32.2. The minimum absolute atomic E-state index is 0.143. The SMILES string of the molecule is CC(Sc1nc2c(cnn2-c2ccc(Cl)cc2)c(=O)[nH]1)C(N)=O.CC(Sc1nc2c(cnn2-c2cccc(Cl)c2)c(=O)[nH]1)C(=O)CCCN1CCOCC1.CCC(Sc1nc2c(cnn2-c2ccccc2)c(=O)[nH]1)C(=O)OC.COC(=O)C(C)Sc1nc2c(cnn2-c2ccc(Cl)cc2)c(=O)[nH]1.COC(=O)C(C)Sc1nc2c(cnn2-c2ccccc2)c(=O)[nH]1.COC(=O)C(C)Sc1nc2c(cnn2-c2ccccc2C)c(=O)[nH]1. The molecule has 1 aliphatic heterocycles. The van der Waals surface area contributed by atoms with E-state index in [1.807, 2.05) is 118 Å². The molecule has 1 amide bonds. The zero-order valence-electron chi connectivity index (χ0n) is 81.2. The Bertz CT molecular complexity index is 8260. The number of aryl methyl sites for hydroxylation is 1. The average molecular weight is 2200 g/mol. The molecular weight excluding hydrogens is 2100 g/mol. The van der Waals surface area contributed by atoms with Crippen LogP contribution in [0.5, 0.6) is 0 Å². The molecular formula is C97H95Cl3N26O17S6. The molecule has 0 radical (unpaired) electrons. The number of Topliss-reactive ketones (excluding diaryl/α,β-unsaturated/α-hetero) is 1. The number of ketones is 1. The fourth-order valence-electron chi connectivity index (χ4n) is 14.2. The van der Waals surface area contributed by atoms with Gasteiger partial charge in [-0.05, 0) is 164 Å². The Morgan fingerprint density at radius 2 is 0.671 bits per heavy atom. The first kappa shape index (κ1) is 110. The number of nitrogens with one attached hydrogen (secondary N) is 6. The first-order chi connectivity index (χ1) is 71.7. The number of aromatic amines is 6. The van der Waals surface area contributed by atoms with Crippen molar-refractivity contribution in [2.45, 2.75) is 130 Å². The van der Waals surface area contributed by atoms with Crippen LogP contribution in [-0.4, -0.2) is 252 Å². The maximum Gasteiger partial charge on any atom is 0.319 e. The summed E-state index contributed by atoms with van der Waals surface area (Å²) in [6, 6.07) is 47.7. The molecule has 6 unspecified atom stereocenters. The second-order valence-corrected chi connectivity index (χ2v) is 41.4. The maximum absolute atomic E-state index is 12.6. The molecule has 1 saturated heterocycles. The number of nitrogens with two attached hydrogens (primary N) is 1. The van der Waals surface area contributed by atoms with Gasteiger partial charge in [0.05, 0.1) is 123 Å². The van der Waals surface area contributed by atoms with Gasteiger partial charge < -0.3 is 59.3 Å². The van der Waals surface area contributed by atoms with Gasteiger partial charge in [-0.1, -0.05) is 173 Å². The Hall–Kier alpha value is -14.7. The third-order valence-electron chi connectivity index (χ3n) is 22.0. The smallest absolute Gasteiger partial charge is 0.319 e. The van der Waals surface area contributed by atoms with Crippen LogP contribution in [0.4, 0.5) is 0 Å². The summed E-state index contributed by atoms with van der Waals surface area (Å²) >= 11 is 24.8. The van der Waals surface area contributed by atoms with E-state index in [0.29, 0.717) is 131 Å². The first-order valence-corrected chi connectivity index (χ1v) is 51.9. The van der Waals surface area contributed by atoms with Crippen LogP contribution in [0, 0.1) is 6.92 Å². The number of carbonyl (C=O) groups is 6. The lowest BCUT2D eigenvalue weighted by molar-refractivity contribution is -0.140. The molecule has 0 spiro atoms. The van der Waals surface area contributed by atoms with Gasteiger partial charge in [-0.2, -0.15) is 30.6 Å². The van der Waals surface area contributed by atoms with Gasteiger partial charge in [-0.15, -0.1) is 0 Å². The molecule has 772 valence electrons. The van der Waals surface area contributed by atoms with Crippen molar-refractivity contribution in [1.82, 2.24) is 123 Å². The summed E-state index contributed by atoms with van der Waals surface area (Å²) in [5, 5.41) is 28.9. The lowest BCUT2D eigenvalue weighted by atomic mass is 10.1. The monoisotopic (exact) mass is 2190 g/mol. The minimum atomic E-state index is -0.512. The molecule has 12 aromatic heterocycles. The number of carbonyl (C=O) groups excluding carboxylic acids is 6. The summed E-state index contributed by atoms with van der Waals surface area (Å²) in [6.07, 6.45) is 10.7. The predicted molar refractivity (Wildman–Crippen MR) is 572 cm³/mol. The van der Waals surface area contributed by atoms with Crippen molar-refractivity contribution in [2.75, 3.05) is 61.3 Å². The number of H-pyrrole nitrogens is 6. The van der Waals surface area contributed by atoms with Crippen molar-refractivity contribution in [3.63, 3.8) is 0 Å². The Labute approximate surface area is 885 Å². The molecule has 18 aromatic rings. The summed E-state index contributed by atoms with van der Waals surface area (Å²) in [5.41, 5.74) is 11.7. The van der Waals surface area contributed by atoms with Crippen molar-refractivity contribution in [1.29, 1.82) is 0 Å². The third-order valence-corrected chi connectivity index (χ3v) is 28.9. The second kappa shape index (κ2) is 51.3. The number of primary amides is 1. The summed E-state index contributed by atoms with van der Waals surface area (Å²) in [7, 11) is 5.30. The van der Waals surface area contributed by atoms with Gasteiger partial charge in [0.25, 0.3) is 33.4 Å². The van der Waals surface area contributed by atoms with Crippen molar-refractivity contribution >= 4 is 207 Å². The van der Waals surface area contributed by atoms with Crippen LogP contribution >= 0.6 is 105 Å². The molecule has 6 aromatic carbocycles. The molecule has 19 rings (SSSR count). The highest BCUT2D eigenvalue weighted by Gasteiger charge is 2.28. The molecule has 0 aliphatic carbocycles. The van der Waals surface area contributed by atoms with Gasteiger partial charge in [0.15, 0.2) is 64.8 Å². The molecule has 0 bridgehead atoms. The molecule has 8 N–H and O–H groups in total. The summed E-state index contributed by atoms with van der Waals surface area (Å²) < 4.78 is 33.7. The van der Waals surface area contributed by atoms with Crippen LogP contribution in [0.25, 0.3) is 100 Å². The molecule has 149 heavy (non-hydrogen) atoms. The number of esters is 4. The van der Waals surface area contributed by atoms with Gasteiger partial charge in [0.1, 0.15) is 59.1 Å². The molecule has 13 heterocycles. The number of fused-ring (bicyclic) bond motifs is 6. The summed E-state index contributed by atoms with van der Waals surface area (Å²) in [5.74, 6) is -1.84. The third kappa shape index (κ3) is 27.7. The molecule has 6 atom stereocenters. The fraction of sp³-hybridized carbons (Fsp3) is 0.258. The van der Waals surface area contributed by atoms with Gasteiger partial charge >= 0.3 is 23.9 Å². The average Bonchev–Trinajstić information content (AvgIpc) is 1.66. The van der Waals surface area contributed by atoms with Crippen LogP contribution in [0.3, 0.4) is 0 Å². The van der Waals surface area contributed by atoms with Gasteiger partial charge in [-0.3, -0.25) is 62.4 Å². The number of ether oxygens (including phenoxy) is 5. The van der Waals surface area contributed by atoms with Crippen LogP contribution in [0.2, 0.25) is 15.1 Å². The minimum Gasteiger partial charge on any atom is -0.468 e. The number of rotatable bonds is 29. The van der Waals surface area contributed by atoms with E-state index in [4.69, 9.17) is 54.7 Å². The number of halogens is 3. The fourth-order valence-corrected chi connectivity index (χ4v) is 19.7. The van der Waals surface area contributed by atoms with E-state index in [1.54, 1.807) is 116 Å². The standard InChI is InChI=1S/C21H24ClN5O3S.2C16H16N4O3S.C15H13ClN4O3S.C15H14N4O3S.C14H12ClN5O2S/c1-14(18(28)6-3-7-26-8-10-30-11-9-26)31-21-24-19-17(20(29)25-21)13-23-27(19)16-5-2-4-15(22)12-16;1-9-6-4-5-7-12(9)20-13-11(8-17-20)14(21)19-16(18-13)24-10(2)15(22)23-3;1-3-12(15(22)23-2)24-16-18-13-11(14(21)19-16)9-17-20(13)10-7-5-4-6-8-10;1-8(14(22)23-2)24-15-18-12-11(13(21)19-15)7-17-20(12)10-5-3-9(16)4-6-10;1-9(14(21)22-2)23-15-17-12-11(13(20)18-15)8-16-19(12)10-6-4-3-5-7-10;1-7(11(16)21)23-14-18-12-10(13(22)19-14)6-17-20(12)9-4-2-8(15)3-5-9/h2,4-5,12-14H,3,6-11H2,1H3,(H,24,25,29);4-8,10H,1-3H3,(H,18,19,21);4-9,12H,3H2,1-2H3,(H,18,19,21);3-8H,1-2H3,(H,18,19,21);3-9H,1-2H3,(H,17,18,20);2-7H,1H3,(H2,16,21)(H,18,19,22). The van der Waals surface area contributed by atoms with Crippen molar-refractivity contribution in [3.05, 3.63) is 278 Å². The van der Waals surface area contributed by atoms with E-state index in [0.717, 1.165) is 120 Å². The van der Waals surface area contributed by atoms with E-state index in [1.165, 1.54) is 89.1 Å². The Balaban J connectivity index is 0.000000141. The number of amides is 1. The molecule has 1 fully saturated rings. The van der Waals surface area contributed by atoms with E-state index >= 15 is 0 Å². The number of morpholine rings is 1. The first-order valence-electron chi connectivity index (χ1n) is 45.5. The highest BCUT2D eigenvalue weighted by atomic mass is 35.5. The summed E-state index contributed by atoms with van der Waals surface area (Å²) in [6.45, 7) is 16.6. The van der Waals surface area contributed by atoms with Gasteiger partial charge in [0.2, 0.25) is 5.91 Å². The van der Waals surface area contributed by atoms with Crippen molar-refractivity contribution < 1.29 is 52.5 Å². The van der Waals surface area contributed by atoms with Crippen LogP contribution in [0.15, 0.2) is 255 Å². The number of aromatic nitrogens is 24. The Kier molecular flexibility index (Phi) is 37.9. The normalized spacial score (nSPS) is 13.1. The van der Waals surface area contributed by atoms with Crippen LogP contribution < -0.4 is 39.1 Å². The molecule has 52 heteroatoms. The highest BCUT2D eigenvalue weighted by molar-refractivity contribution is 8.01. The largest absolute Gasteiger partial charge is 0.468 e. The Morgan fingerprint density at radius 1 is 0.369 bits per heavy atom. The number of nitrogens with zero attached hydrogens (tertiary/aromatic N) is 19. The van der Waals surface area contributed by atoms with Crippen molar-refractivity contribution in [3.8, 4) is 34.1 Å². The van der Waals surface area contributed by atoms with E-state index < -0.39 is 38.1 Å². The summed E-state index contributed by atoms with van der Waals surface area (Å²) in [4.78, 5) is 189. The molecule has 1 aliphatic rings. The highest BCUT2D eigenvalue weighted by Crippen LogP contribution is 2.32. The van der Waals surface area contributed by atoms with Crippen molar-refractivity contribution in [2.24, 2.45) is 5.73 Å². The quantitative estimate of drug-likeness (QED) is 0.00990. The van der Waals surface area contributed by atoms with Gasteiger partial charge in [0, 0.05) is 34.6 Å².